The van der Waals surface area contributed by atoms with E-state index in [1.165, 1.54) is 19.1 Å². The van der Waals surface area contributed by atoms with Gasteiger partial charge in [0.05, 0.1) is 6.42 Å². The highest BCUT2D eigenvalue weighted by Crippen LogP contribution is 2.19. The Labute approximate surface area is 174 Å². The van der Waals surface area contributed by atoms with Crippen LogP contribution in [0.2, 0.25) is 0 Å². The Hall–Kier alpha value is -3.93. The average molecular weight is 402 g/mol. The molecule has 3 N–H and O–H groups in total. The molecule has 0 aromatic heterocycles. The fraction of sp³-hybridized carbons (Fsp3) is 0.125. The third-order valence-electron chi connectivity index (χ3n) is 4.52. The predicted octanol–water partition coefficient (Wildman–Crippen LogP) is 3.57. The molecule has 0 aliphatic heterocycles. The first-order valence-electron chi connectivity index (χ1n) is 9.47. The van der Waals surface area contributed by atoms with Crippen LogP contribution in [0.1, 0.15) is 22.8 Å². The molecule has 6 nitrogen and oxygen atoms in total. The van der Waals surface area contributed by atoms with Gasteiger partial charge < -0.3 is 15.8 Å². The van der Waals surface area contributed by atoms with Gasteiger partial charge in [0.2, 0.25) is 5.91 Å². The second-order valence-electron chi connectivity index (χ2n) is 6.80. The van der Waals surface area contributed by atoms with E-state index in [0.29, 0.717) is 11.3 Å². The first-order valence-corrected chi connectivity index (χ1v) is 9.47. The van der Waals surface area contributed by atoms with Crippen LogP contribution >= 0.6 is 0 Å². The number of ether oxygens (including phenoxy) is 1. The minimum Gasteiger partial charge on any atom is -0.452 e. The highest BCUT2D eigenvalue weighted by Gasteiger charge is 2.18. The number of benzene rings is 3. The first kappa shape index (κ1) is 20.8. The van der Waals surface area contributed by atoms with Gasteiger partial charge in [-0.2, -0.15) is 0 Å². The number of nitrogens with two attached hydrogens (primary N) is 1. The molecule has 0 heterocycles. The molecular formula is C24H22N2O4. The van der Waals surface area contributed by atoms with Gasteiger partial charge in [-0.05, 0) is 47.9 Å². The summed E-state index contributed by atoms with van der Waals surface area (Å²) >= 11 is 0. The molecule has 0 bridgehead atoms. The molecule has 0 aliphatic carbocycles. The van der Waals surface area contributed by atoms with Gasteiger partial charge in [0.25, 0.3) is 5.91 Å². The highest BCUT2D eigenvalue weighted by molar-refractivity contribution is 5.96. The number of anilines is 1. The molecule has 1 atom stereocenters. The molecule has 6 heteroatoms. The lowest BCUT2D eigenvalue weighted by molar-refractivity contribution is -0.152. The smallest absolute Gasteiger partial charge is 0.311 e. The SMILES string of the molecule is C[C@@H](OC(=O)Cc1ccc(-c2ccccc2)cc1)C(=O)Nc1ccc(C(N)=O)cc1. The first-order chi connectivity index (χ1) is 14.4. The largest absolute Gasteiger partial charge is 0.452 e. The zero-order valence-corrected chi connectivity index (χ0v) is 16.5. The lowest BCUT2D eigenvalue weighted by Gasteiger charge is -2.14. The minimum absolute atomic E-state index is 0.0694. The Bertz CT molecular complexity index is 1030. The maximum atomic E-state index is 12.2. The zero-order chi connectivity index (χ0) is 21.5. The number of esters is 1. The molecule has 0 saturated carbocycles. The summed E-state index contributed by atoms with van der Waals surface area (Å²) < 4.78 is 5.24. The molecule has 0 radical (unpaired) electrons. The zero-order valence-electron chi connectivity index (χ0n) is 16.5. The molecule has 3 aromatic rings. The molecule has 0 spiro atoms. The van der Waals surface area contributed by atoms with Crippen LogP contribution in [-0.2, 0) is 20.7 Å². The van der Waals surface area contributed by atoms with Crippen molar-refractivity contribution in [2.45, 2.75) is 19.4 Å². The van der Waals surface area contributed by atoms with Crippen molar-refractivity contribution in [3.8, 4) is 11.1 Å². The Morgan fingerprint density at radius 2 is 1.47 bits per heavy atom. The maximum absolute atomic E-state index is 12.2. The summed E-state index contributed by atoms with van der Waals surface area (Å²) in [6, 6.07) is 23.7. The fourth-order valence-electron chi connectivity index (χ4n) is 2.87. The fourth-order valence-corrected chi connectivity index (χ4v) is 2.87. The Balaban J connectivity index is 1.52. The summed E-state index contributed by atoms with van der Waals surface area (Å²) in [6.45, 7) is 1.50. The van der Waals surface area contributed by atoms with Crippen molar-refractivity contribution in [2.75, 3.05) is 5.32 Å². The van der Waals surface area contributed by atoms with E-state index in [9.17, 15) is 14.4 Å². The summed E-state index contributed by atoms with van der Waals surface area (Å²) in [6.07, 6.45) is -0.892. The summed E-state index contributed by atoms with van der Waals surface area (Å²) in [5.74, 6) is -1.50. The molecule has 0 fully saturated rings. The van der Waals surface area contributed by atoms with Crippen molar-refractivity contribution >= 4 is 23.5 Å². The third-order valence-corrected chi connectivity index (χ3v) is 4.52. The van der Waals surface area contributed by atoms with Gasteiger partial charge in [-0.3, -0.25) is 14.4 Å². The number of carbonyl (C=O) groups excluding carboxylic acids is 3. The molecule has 0 unspecified atom stereocenters. The van der Waals surface area contributed by atoms with Crippen LogP contribution in [-0.4, -0.2) is 23.9 Å². The standard InChI is InChI=1S/C24H22N2O4/c1-16(24(29)26-21-13-11-20(12-14-21)23(25)28)30-22(27)15-17-7-9-19(10-8-17)18-5-3-2-4-6-18/h2-14,16H,15H2,1H3,(H2,25,28)(H,26,29)/t16-/m1/s1. The molecule has 152 valence electrons. The second-order valence-corrected chi connectivity index (χ2v) is 6.80. The Morgan fingerprint density at radius 1 is 0.867 bits per heavy atom. The van der Waals surface area contributed by atoms with Gasteiger partial charge in [-0.15, -0.1) is 0 Å². The quantitative estimate of drug-likeness (QED) is 0.590. The topological polar surface area (TPSA) is 98.5 Å². The highest BCUT2D eigenvalue weighted by atomic mass is 16.5. The second kappa shape index (κ2) is 9.52. The lowest BCUT2D eigenvalue weighted by atomic mass is 10.0. The van der Waals surface area contributed by atoms with E-state index in [1.807, 2.05) is 54.6 Å². The maximum Gasteiger partial charge on any atom is 0.311 e. The van der Waals surface area contributed by atoms with Crippen molar-refractivity contribution in [3.05, 3.63) is 90.0 Å². The number of primary amides is 1. The van der Waals surface area contributed by atoms with E-state index in [4.69, 9.17) is 10.5 Å². The van der Waals surface area contributed by atoms with Crippen LogP contribution < -0.4 is 11.1 Å². The van der Waals surface area contributed by atoms with E-state index in [1.54, 1.807) is 12.1 Å². The van der Waals surface area contributed by atoms with Crippen LogP contribution in [0.4, 0.5) is 5.69 Å². The van der Waals surface area contributed by atoms with Crippen molar-refractivity contribution in [1.82, 2.24) is 0 Å². The van der Waals surface area contributed by atoms with E-state index in [2.05, 4.69) is 5.32 Å². The molecule has 0 aliphatic rings. The van der Waals surface area contributed by atoms with Crippen molar-refractivity contribution in [3.63, 3.8) is 0 Å². The normalized spacial score (nSPS) is 11.4. The van der Waals surface area contributed by atoms with Crippen LogP contribution in [0.15, 0.2) is 78.9 Å². The van der Waals surface area contributed by atoms with Crippen molar-refractivity contribution in [2.24, 2.45) is 5.73 Å². The number of hydrogen-bond donors (Lipinski definition) is 2. The molecule has 2 amide bonds. The summed E-state index contributed by atoms with van der Waals surface area (Å²) in [5.41, 5.74) is 8.96. The van der Waals surface area contributed by atoms with Gasteiger partial charge in [0.1, 0.15) is 0 Å². The molecular weight excluding hydrogens is 380 g/mol. The van der Waals surface area contributed by atoms with Gasteiger partial charge in [-0.25, -0.2) is 0 Å². The average Bonchev–Trinajstić information content (AvgIpc) is 2.75. The van der Waals surface area contributed by atoms with E-state index >= 15 is 0 Å². The summed E-state index contributed by atoms with van der Waals surface area (Å²) in [5, 5.41) is 2.63. The van der Waals surface area contributed by atoms with E-state index in [0.717, 1.165) is 16.7 Å². The van der Waals surface area contributed by atoms with Gasteiger partial charge in [-0.1, -0.05) is 54.6 Å². The number of amides is 2. The van der Waals surface area contributed by atoms with Gasteiger partial charge in [0, 0.05) is 11.3 Å². The minimum atomic E-state index is -0.961. The van der Waals surface area contributed by atoms with Crippen LogP contribution in [0, 0.1) is 0 Å². The summed E-state index contributed by atoms with van der Waals surface area (Å²) in [7, 11) is 0. The molecule has 30 heavy (non-hydrogen) atoms. The van der Waals surface area contributed by atoms with Gasteiger partial charge in [0.15, 0.2) is 6.10 Å². The monoisotopic (exact) mass is 402 g/mol. The van der Waals surface area contributed by atoms with Crippen LogP contribution in [0.25, 0.3) is 11.1 Å². The lowest BCUT2D eigenvalue weighted by Crippen LogP contribution is -2.30. The third kappa shape index (κ3) is 5.54. The Morgan fingerprint density at radius 3 is 2.07 bits per heavy atom. The number of rotatable bonds is 7. The number of hydrogen-bond acceptors (Lipinski definition) is 4. The van der Waals surface area contributed by atoms with Crippen LogP contribution in [0.3, 0.4) is 0 Å². The van der Waals surface area contributed by atoms with Crippen LogP contribution in [0.5, 0.6) is 0 Å². The summed E-state index contributed by atoms with van der Waals surface area (Å²) in [4.78, 5) is 35.5. The number of nitrogens with one attached hydrogen (secondary N) is 1. The predicted molar refractivity (Wildman–Crippen MR) is 115 cm³/mol. The molecule has 0 saturated heterocycles. The van der Waals surface area contributed by atoms with Gasteiger partial charge >= 0.3 is 5.97 Å². The number of carbonyl (C=O) groups is 3. The van der Waals surface area contributed by atoms with Crippen molar-refractivity contribution in [1.29, 1.82) is 0 Å². The van der Waals surface area contributed by atoms with E-state index in [-0.39, 0.29) is 6.42 Å². The molecule has 3 rings (SSSR count). The molecule has 3 aromatic carbocycles. The van der Waals surface area contributed by atoms with Crippen molar-refractivity contribution < 1.29 is 19.1 Å². The Kier molecular flexibility index (Phi) is 6.60. The van der Waals surface area contributed by atoms with E-state index < -0.39 is 23.9 Å².